The lowest BCUT2D eigenvalue weighted by Crippen LogP contribution is -2.39. The first-order valence-electron chi connectivity index (χ1n) is 6.54. The minimum atomic E-state index is -0.926. The Kier molecular flexibility index (Phi) is 3.56. The predicted molar refractivity (Wildman–Crippen MR) is 69.9 cm³/mol. The summed E-state index contributed by atoms with van der Waals surface area (Å²) >= 11 is 0. The average molecular weight is 296 g/mol. The molecule has 2 atom stereocenters. The maximum Gasteiger partial charge on any atom is 0.263 e. The molecule has 2 aromatic rings. The molecule has 112 valence electrons. The summed E-state index contributed by atoms with van der Waals surface area (Å²) < 4.78 is 33.7. The molecule has 1 aromatic carbocycles. The van der Waals surface area contributed by atoms with Crippen molar-refractivity contribution in [3.63, 3.8) is 0 Å². The van der Waals surface area contributed by atoms with Crippen LogP contribution in [-0.2, 0) is 16.1 Å². The fourth-order valence-corrected chi connectivity index (χ4v) is 2.54. The van der Waals surface area contributed by atoms with E-state index in [1.807, 2.05) is 0 Å². The molecule has 8 heteroatoms. The molecule has 3 rings (SSSR count). The Balaban J connectivity index is 1.77. The van der Waals surface area contributed by atoms with Gasteiger partial charge in [0.1, 0.15) is 6.10 Å². The quantitative estimate of drug-likeness (QED) is 0.500. The van der Waals surface area contributed by atoms with E-state index in [9.17, 15) is 13.6 Å². The molecule has 1 aliphatic rings. The van der Waals surface area contributed by atoms with Crippen LogP contribution in [0, 0.1) is 11.6 Å². The summed E-state index contributed by atoms with van der Waals surface area (Å²) in [5, 5.41) is 0. The summed E-state index contributed by atoms with van der Waals surface area (Å²) in [4.78, 5) is 15.4. The number of nitrogens with two attached hydrogens (primary N) is 1. The highest BCUT2D eigenvalue weighted by Crippen LogP contribution is 2.23. The summed E-state index contributed by atoms with van der Waals surface area (Å²) in [5.74, 6) is 2.86. The summed E-state index contributed by atoms with van der Waals surface area (Å²) in [7, 11) is 0. The predicted octanol–water partition coefficient (Wildman–Crippen LogP) is 0.852. The van der Waals surface area contributed by atoms with Crippen molar-refractivity contribution in [1.82, 2.24) is 15.0 Å². The highest BCUT2D eigenvalue weighted by Gasteiger charge is 2.30. The van der Waals surface area contributed by atoms with Gasteiger partial charge in [-0.1, -0.05) is 0 Å². The second-order valence-corrected chi connectivity index (χ2v) is 4.98. The Morgan fingerprint density at radius 1 is 1.43 bits per heavy atom. The van der Waals surface area contributed by atoms with Crippen molar-refractivity contribution in [2.24, 2.45) is 5.84 Å². The molecular weight excluding hydrogens is 282 g/mol. The van der Waals surface area contributed by atoms with Crippen LogP contribution in [0.3, 0.4) is 0 Å². The van der Waals surface area contributed by atoms with Gasteiger partial charge >= 0.3 is 0 Å². The third kappa shape index (κ3) is 2.59. The number of fused-ring (bicyclic) bond motifs is 1. The number of benzene rings is 1. The number of hydrazine groups is 1. The Morgan fingerprint density at radius 2 is 2.19 bits per heavy atom. The van der Waals surface area contributed by atoms with Crippen LogP contribution in [-0.4, -0.2) is 27.7 Å². The summed E-state index contributed by atoms with van der Waals surface area (Å²) in [6.45, 7) is 0.413. The van der Waals surface area contributed by atoms with E-state index < -0.39 is 17.7 Å². The van der Waals surface area contributed by atoms with Gasteiger partial charge < -0.3 is 9.30 Å². The van der Waals surface area contributed by atoms with Crippen LogP contribution in [0.4, 0.5) is 8.78 Å². The zero-order chi connectivity index (χ0) is 15.0. The van der Waals surface area contributed by atoms with E-state index >= 15 is 0 Å². The maximum atomic E-state index is 13.3. The topological polar surface area (TPSA) is 82.2 Å². The normalized spacial score (nSPS) is 21.9. The van der Waals surface area contributed by atoms with Crippen LogP contribution in [0.25, 0.3) is 11.0 Å². The minimum absolute atomic E-state index is 0.196. The Hall–Kier alpha value is -2.06. The Labute approximate surface area is 118 Å². The molecule has 2 heterocycles. The molecule has 1 aromatic heterocycles. The van der Waals surface area contributed by atoms with Gasteiger partial charge in [0, 0.05) is 12.1 Å². The molecule has 1 saturated heterocycles. The standard InChI is InChI=1S/C13H14F2N4O2/c14-8-3-10-11(4-9(8)15)19(6-17-10)5-7-1-2-12(21-7)13(20)18-16/h3-4,6-7,12H,1-2,5,16H2,(H,18,20). The number of hydrogen-bond donors (Lipinski definition) is 2. The maximum absolute atomic E-state index is 13.3. The monoisotopic (exact) mass is 296 g/mol. The molecular formula is C13H14F2N4O2. The first-order chi connectivity index (χ1) is 10.1. The fourth-order valence-electron chi connectivity index (χ4n) is 2.54. The van der Waals surface area contributed by atoms with Crippen LogP contribution in [0.15, 0.2) is 18.5 Å². The van der Waals surface area contributed by atoms with Crippen molar-refractivity contribution in [3.05, 3.63) is 30.1 Å². The number of carbonyl (C=O) groups excluding carboxylic acids is 1. The van der Waals surface area contributed by atoms with Gasteiger partial charge in [-0.3, -0.25) is 10.2 Å². The number of ether oxygens (including phenoxy) is 1. The summed E-state index contributed by atoms with van der Waals surface area (Å²) in [6.07, 6.45) is 2.00. The van der Waals surface area contributed by atoms with Gasteiger partial charge in [0.2, 0.25) is 0 Å². The molecule has 1 aliphatic heterocycles. The van der Waals surface area contributed by atoms with Gasteiger partial charge in [0.15, 0.2) is 11.6 Å². The van der Waals surface area contributed by atoms with Crippen LogP contribution in [0.1, 0.15) is 12.8 Å². The first kappa shape index (κ1) is 13.9. The molecule has 1 fully saturated rings. The molecule has 0 bridgehead atoms. The lowest BCUT2D eigenvalue weighted by atomic mass is 10.2. The van der Waals surface area contributed by atoms with Crippen molar-refractivity contribution < 1.29 is 18.3 Å². The number of nitrogens with one attached hydrogen (secondary N) is 1. The van der Waals surface area contributed by atoms with Gasteiger partial charge in [-0.05, 0) is 12.8 Å². The first-order valence-corrected chi connectivity index (χ1v) is 6.54. The van der Waals surface area contributed by atoms with Gasteiger partial charge in [-0.25, -0.2) is 19.6 Å². The molecule has 6 nitrogen and oxygen atoms in total. The number of nitrogens with zero attached hydrogens (tertiary/aromatic N) is 2. The molecule has 0 radical (unpaired) electrons. The van der Waals surface area contributed by atoms with Crippen molar-refractivity contribution in [2.45, 2.75) is 31.6 Å². The molecule has 0 aliphatic carbocycles. The Morgan fingerprint density at radius 3 is 2.95 bits per heavy atom. The van der Waals surface area contributed by atoms with E-state index in [1.165, 1.54) is 6.33 Å². The third-order valence-electron chi connectivity index (χ3n) is 3.61. The second-order valence-electron chi connectivity index (χ2n) is 4.98. The molecule has 3 N–H and O–H groups in total. The Bertz CT molecular complexity index is 688. The lowest BCUT2D eigenvalue weighted by Gasteiger charge is -2.13. The van der Waals surface area contributed by atoms with Gasteiger partial charge in [0.25, 0.3) is 5.91 Å². The highest BCUT2D eigenvalue weighted by molar-refractivity contribution is 5.80. The number of amides is 1. The zero-order valence-corrected chi connectivity index (χ0v) is 11.1. The van der Waals surface area contributed by atoms with E-state index in [0.717, 1.165) is 12.1 Å². The number of carbonyl (C=O) groups is 1. The third-order valence-corrected chi connectivity index (χ3v) is 3.61. The molecule has 2 unspecified atom stereocenters. The van der Waals surface area contributed by atoms with Gasteiger partial charge in [0.05, 0.1) is 30.0 Å². The van der Waals surface area contributed by atoms with E-state index in [2.05, 4.69) is 10.4 Å². The summed E-state index contributed by atoms with van der Waals surface area (Å²) in [5.41, 5.74) is 2.92. The van der Waals surface area contributed by atoms with Crippen LogP contribution < -0.4 is 11.3 Å². The highest BCUT2D eigenvalue weighted by atomic mass is 19.2. The molecule has 0 spiro atoms. The van der Waals surface area contributed by atoms with Crippen molar-refractivity contribution in [3.8, 4) is 0 Å². The van der Waals surface area contributed by atoms with Crippen LogP contribution >= 0.6 is 0 Å². The molecule has 1 amide bonds. The number of imidazole rings is 1. The number of halogens is 2. The molecule has 21 heavy (non-hydrogen) atoms. The van der Waals surface area contributed by atoms with Crippen molar-refractivity contribution in [2.75, 3.05) is 0 Å². The van der Waals surface area contributed by atoms with E-state index in [-0.39, 0.29) is 12.0 Å². The van der Waals surface area contributed by atoms with Gasteiger partial charge in [-0.2, -0.15) is 0 Å². The number of rotatable bonds is 3. The minimum Gasteiger partial charge on any atom is -0.363 e. The largest absolute Gasteiger partial charge is 0.363 e. The lowest BCUT2D eigenvalue weighted by molar-refractivity contribution is -0.132. The smallest absolute Gasteiger partial charge is 0.263 e. The fraction of sp³-hybridized carbons (Fsp3) is 0.385. The second kappa shape index (κ2) is 5.38. The number of aromatic nitrogens is 2. The average Bonchev–Trinajstić information content (AvgIpc) is 3.08. The van der Waals surface area contributed by atoms with Gasteiger partial charge in [-0.15, -0.1) is 0 Å². The SMILES string of the molecule is NNC(=O)C1CCC(Cn2cnc3cc(F)c(F)cc32)O1. The van der Waals surface area contributed by atoms with Crippen molar-refractivity contribution in [1.29, 1.82) is 0 Å². The van der Waals surface area contributed by atoms with E-state index in [4.69, 9.17) is 10.6 Å². The van der Waals surface area contributed by atoms with E-state index in [1.54, 1.807) is 4.57 Å². The van der Waals surface area contributed by atoms with Crippen LogP contribution in [0.5, 0.6) is 0 Å². The van der Waals surface area contributed by atoms with Crippen LogP contribution in [0.2, 0.25) is 0 Å². The molecule has 0 saturated carbocycles. The number of hydrogen-bond acceptors (Lipinski definition) is 4. The zero-order valence-electron chi connectivity index (χ0n) is 11.1. The van der Waals surface area contributed by atoms with Crippen molar-refractivity contribution >= 4 is 16.9 Å². The van der Waals surface area contributed by atoms with E-state index in [0.29, 0.717) is 30.4 Å². The summed E-state index contributed by atoms with van der Waals surface area (Å²) in [6, 6.07) is 2.16.